The first kappa shape index (κ1) is 14.2. The van der Waals surface area contributed by atoms with E-state index < -0.39 is 0 Å². The Labute approximate surface area is 110 Å². The van der Waals surface area contributed by atoms with Crippen LogP contribution in [0, 0.1) is 0 Å². The van der Waals surface area contributed by atoms with Crippen LogP contribution in [-0.4, -0.2) is 74.4 Å². The standard InChI is InChI=1S/C13H26N2O3/c1-12(14-4-8-16-9-5-14)18-13(2,3)15-6-10-17-11-7-15/h12H,4-11H2,1-3H3. The fraction of sp³-hybridized carbons (Fsp3) is 1.00. The zero-order valence-corrected chi connectivity index (χ0v) is 11.9. The monoisotopic (exact) mass is 258 g/mol. The van der Waals surface area contributed by atoms with Gasteiger partial charge in [0.2, 0.25) is 0 Å². The molecular formula is C13H26N2O3. The van der Waals surface area contributed by atoms with Gasteiger partial charge in [0.05, 0.1) is 26.4 Å². The van der Waals surface area contributed by atoms with Crippen molar-refractivity contribution in [2.24, 2.45) is 0 Å². The summed E-state index contributed by atoms with van der Waals surface area (Å²) in [6, 6.07) is 0. The fourth-order valence-electron chi connectivity index (χ4n) is 2.61. The van der Waals surface area contributed by atoms with Gasteiger partial charge in [-0.2, -0.15) is 0 Å². The second-order valence-electron chi connectivity index (χ2n) is 5.41. The Bertz CT molecular complexity index is 249. The van der Waals surface area contributed by atoms with Gasteiger partial charge in [0.25, 0.3) is 0 Å². The zero-order valence-electron chi connectivity index (χ0n) is 11.9. The van der Waals surface area contributed by atoms with Gasteiger partial charge in [0.1, 0.15) is 12.0 Å². The number of nitrogens with zero attached hydrogens (tertiary/aromatic N) is 2. The van der Waals surface area contributed by atoms with Gasteiger partial charge in [-0.25, -0.2) is 0 Å². The maximum absolute atomic E-state index is 6.26. The smallest absolute Gasteiger partial charge is 0.118 e. The van der Waals surface area contributed by atoms with Crippen LogP contribution in [0.25, 0.3) is 0 Å². The molecule has 2 aliphatic rings. The highest BCUT2D eigenvalue weighted by Gasteiger charge is 2.32. The number of rotatable bonds is 4. The first-order valence-corrected chi connectivity index (χ1v) is 6.92. The molecule has 0 saturated carbocycles. The van der Waals surface area contributed by atoms with E-state index in [0.717, 1.165) is 52.6 Å². The van der Waals surface area contributed by atoms with Crippen LogP contribution in [0.4, 0.5) is 0 Å². The van der Waals surface area contributed by atoms with Crippen LogP contribution in [0.15, 0.2) is 0 Å². The SMILES string of the molecule is CC(OC(C)(C)N1CCOCC1)N1CCOCC1. The van der Waals surface area contributed by atoms with Crippen molar-refractivity contribution in [3.05, 3.63) is 0 Å². The molecule has 2 aliphatic heterocycles. The van der Waals surface area contributed by atoms with Crippen molar-refractivity contribution in [3.8, 4) is 0 Å². The van der Waals surface area contributed by atoms with E-state index in [0.29, 0.717) is 0 Å². The molecule has 0 aromatic heterocycles. The average Bonchev–Trinajstić information content (AvgIpc) is 2.40. The average molecular weight is 258 g/mol. The van der Waals surface area contributed by atoms with Crippen LogP contribution < -0.4 is 0 Å². The van der Waals surface area contributed by atoms with Gasteiger partial charge < -0.3 is 14.2 Å². The Morgan fingerprint density at radius 3 is 2.00 bits per heavy atom. The quantitative estimate of drug-likeness (QED) is 0.743. The van der Waals surface area contributed by atoms with Crippen molar-refractivity contribution in [3.63, 3.8) is 0 Å². The molecule has 2 saturated heterocycles. The third-order valence-corrected chi connectivity index (χ3v) is 3.79. The highest BCUT2D eigenvalue weighted by atomic mass is 16.5. The maximum Gasteiger partial charge on any atom is 0.118 e. The lowest BCUT2D eigenvalue weighted by atomic mass is 10.2. The minimum atomic E-state index is -0.235. The molecule has 2 rings (SSSR count). The molecule has 106 valence electrons. The predicted octanol–water partition coefficient (Wildman–Crippen LogP) is 0.750. The van der Waals surface area contributed by atoms with Crippen LogP contribution in [-0.2, 0) is 14.2 Å². The Morgan fingerprint density at radius 1 is 0.944 bits per heavy atom. The second kappa shape index (κ2) is 6.30. The third-order valence-electron chi connectivity index (χ3n) is 3.79. The molecule has 5 nitrogen and oxygen atoms in total. The van der Waals surface area contributed by atoms with Crippen LogP contribution in [0.5, 0.6) is 0 Å². The molecule has 0 radical (unpaired) electrons. The molecule has 0 bridgehead atoms. The lowest BCUT2D eigenvalue weighted by Gasteiger charge is -2.44. The van der Waals surface area contributed by atoms with E-state index in [1.54, 1.807) is 0 Å². The predicted molar refractivity (Wildman–Crippen MR) is 69.4 cm³/mol. The number of ether oxygens (including phenoxy) is 3. The number of hydrogen-bond acceptors (Lipinski definition) is 5. The van der Waals surface area contributed by atoms with Crippen molar-refractivity contribution < 1.29 is 14.2 Å². The minimum absolute atomic E-state index is 0.131. The third kappa shape index (κ3) is 3.65. The summed E-state index contributed by atoms with van der Waals surface area (Å²) in [5, 5.41) is 0. The van der Waals surface area contributed by atoms with Gasteiger partial charge in [-0.05, 0) is 20.8 Å². The summed E-state index contributed by atoms with van der Waals surface area (Å²) in [6.07, 6.45) is 0.131. The maximum atomic E-state index is 6.26. The van der Waals surface area contributed by atoms with E-state index in [1.165, 1.54) is 0 Å². The van der Waals surface area contributed by atoms with Gasteiger partial charge in [-0.15, -0.1) is 0 Å². The van der Waals surface area contributed by atoms with E-state index in [2.05, 4.69) is 30.6 Å². The topological polar surface area (TPSA) is 34.2 Å². The molecule has 0 aromatic rings. The van der Waals surface area contributed by atoms with Gasteiger partial charge in [-0.3, -0.25) is 9.80 Å². The molecule has 5 heteroatoms. The van der Waals surface area contributed by atoms with Crippen LogP contribution in [0.1, 0.15) is 20.8 Å². The summed E-state index contributed by atoms with van der Waals surface area (Å²) in [5.41, 5.74) is -0.235. The van der Waals surface area contributed by atoms with E-state index in [4.69, 9.17) is 14.2 Å². The highest BCUT2D eigenvalue weighted by Crippen LogP contribution is 2.21. The van der Waals surface area contributed by atoms with Crippen LogP contribution >= 0.6 is 0 Å². The Kier molecular flexibility index (Phi) is 4.98. The van der Waals surface area contributed by atoms with Crippen molar-refractivity contribution >= 4 is 0 Å². The molecule has 18 heavy (non-hydrogen) atoms. The number of hydrogen-bond donors (Lipinski definition) is 0. The van der Waals surface area contributed by atoms with Crippen molar-refractivity contribution in [1.82, 2.24) is 9.80 Å². The largest absolute Gasteiger partial charge is 0.379 e. The van der Waals surface area contributed by atoms with E-state index >= 15 is 0 Å². The molecular weight excluding hydrogens is 232 g/mol. The van der Waals surface area contributed by atoms with Crippen molar-refractivity contribution in [2.75, 3.05) is 52.6 Å². The Balaban J connectivity index is 1.85. The van der Waals surface area contributed by atoms with Gasteiger partial charge in [0, 0.05) is 26.2 Å². The first-order chi connectivity index (χ1) is 8.59. The summed E-state index contributed by atoms with van der Waals surface area (Å²) in [6.45, 7) is 13.5. The lowest BCUT2D eigenvalue weighted by molar-refractivity contribution is -0.219. The molecule has 2 heterocycles. The zero-order chi connectivity index (χ0) is 13.0. The normalized spacial score (nSPS) is 26.2. The number of morpholine rings is 2. The van der Waals surface area contributed by atoms with Gasteiger partial charge in [-0.1, -0.05) is 0 Å². The Morgan fingerprint density at radius 2 is 1.44 bits per heavy atom. The Hall–Kier alpha value is -0.200. The van der Waals surface area contributed by atoms with E-state index in [1.807, 2.05) is 0 Å². The molecule has 0 aliphatic carbocycles. The van der Waals surface area contributed by atoms with E-state index in [9.17, 15) is 0 Å². The molecule has 1 unspecified atom stereocenters. The summed E-state index contributed by atoms with van der Waals surface area (Å²) in [5.74, 6) is 0. The molecule has 0 aromatic carbocycles. The summed E-state index contributed by atoms with van der Waals surface area (Å²) in [4.78, 5) is 4.69. The molecule has 0 amide bonds. The molecule has 2 fully saturated rings. The summed E-state index contributed by atoms with van der Waals surface area (Å²) < 4.78 is 17.0. The van der Waals surface area contributed by atoms with Gasteiger partial charge >= 0.3 is 0 Å². The summed E-state index contributed by atoms with van der Waals surface area (Å²) >= 11 is 0. The van der Waals surface area contributed by atoms with Crippen molar-refractivity contribution in [1.29, 1.82) is 0 Å². The first-order valence-electron chi connectivity index (χ1n) is 6.92. The summed E-state index contributed by atoms with van der Waals surface area (Å²) in [7, 11) is 0. The molecule has 1 atom stereocenters. The van der Waals surface area contributed by atoms with Gasteiger partial charge in [0.15, 0.2) is 0 Å². The van der Waals surface area contributed by atoms with Crippen molar-refractivity contribution in [2.45, 2.75) is 32.7 Å². The molecule has 0 N–H and O–H groups in total. The fourth-order valence-corrected chi connectivity index (χ4v) is 2.61. The minimum Gasteiger partial charge on any atom is -0.379 e. The van der Waals surface area contributed by atoms with Crippen LogP contribution in [0.2, 0.25) is 0 Å². The molecule has 0 spiro atoms. The van der Waals surface area contributed by atoms with E-state index in [-0.39, 0.29) is 12.0 Å². The van der Waals surface area contributed by atoms with Crippen LogP contribution in [0.3, 0.4) is 0 Å². The second-order valence-corrected chi connectivity index (χ2v) is 5.41. The highest BCUT2D eigenvalue weighted by molar-refractivity contribution is 4.76. The lowest BCUT2D eigenvalue weighted by Crippen LogP contribution is -2.55.